The number of benzene rings is 1. The average Bonchev–Trinajstić information content (AvgIpc) is 2.87. The largest absolute Gasteiger partial charge is 0.489 e. The maximum Gasteiger partial charge on any atom is 0.191 e. The van der Waals surface area contributed by atoms with Crippen LogP contribution in [0.3, 0.4) is 0 Å². The van der Waals surface area contributed by atoms with Gasteiger partial charge in [0.15, 0.2) is 5.96 Å². The SMILES string of the molecule is CN=C(NCc1sc(C)nc1C)NCC(C)Oc1ccc(Cl)cc1. The molecule has 0 aliphatic heterocycles. The summed E-state index contributed by atoms with van der Waals surface area (Å²) >= 11 is 7.57. The van der Waals surface area contributed by atoms with Gasteiger partial charge in [0.25, 0.3) is 0 Å². The molecule has 2 N–H and O–H groups in total. The molecule has 0 amide bonds. The zero-order valence-electron chi connectivity index (χ0n) is 14.4. The molecule has 7 heteroatoms. The van der Waals surface area contributed by atoms with Crippen LogP contribution in [0.4, 0.5) is 0 Å². The van der Waals surface area contributed by atoms with Crippen LogP contribution < -0.4 is 15.4 Å². The molecule has 0 aliphatic carbocycles. The number of nitrogens with one attached hydrogen (secondary N) is 2. The Morgan fingerprint density at radius 1 is 1.29 bits per heavy atom. The maximum atomic E-state index is 5.87. The highest BCUT2D eigenvalue weighted by molar-refractivity contribution is 7.11. The van der Waals surface area contributed by atoms with E-state index in [1.807, 2.05) is 45.0 Å². The first kappa shape index (κ1) is 18.5. The summed E-state index contributed by atoms with van der Waals surface area (Å²) in [7, 11) is 1.75. The molecule has 0 bridgehead atoms. The fraction of sp³-hybridized carbons (Fsp3) is 0.412. The molecule has 0 aliphatic rings. The minimum Gasteiger partial charge on any atom is -0.489 e. The van der Waals surface area contributed by atoms with E-state index >= 15 is 0 Å². The van der Waals surface area contributed by atoms with E-state index in [1.54, 1.807) is 18.4 Å². The Labute approximate surface area is 152 Å². The third-order valence-corrected chi connectivity index (χ3v) is 4.67. The lowest BCUT2D eigenvalue weighted by molar-refractivity contribution is 0.224. The third-order valence-electron chi connectivity index (χ3n) is 3.35. The summed E-state index contributed by atoms with van der Waals surface area (Å²) in [6.45, 7) is 7.40. The molecule has 0 saturated heterocycles. The molecule has 1 aromatic heterocycles. The number of aliphatic imine (C=N–C) groups is 1. The van der Waals surface area contributed by atoms with Crippen LogP contribution in [0, 0.1) is 13.8 Å². The molecule has 0 radical (unpaired) electrons. The van der Waals surface area contributed by atoms with Gasteiger partial charge in [0.2, 0.25) is 0 Å². The highest BCUT2D eigenvalue weighted by Gasteiger charge is 2.08. The van der Waals surface area contributed by atoms with Crippen molar-refractivity contribution in [3.8, 4) is 5.75 Å². The van der Waals surface area contributed by atoms with Gasteiger partial charge in [-0.15, -0.1) is 11.3 Å². The standard InChI is InChI=1S/C17H23ClN4OS/c1-11(23-15-7-5-14(18)6-8-15)9-20-17(19-4)21-10-16-12(2)22-13(3)24-16/h5-8,11H,9-10H2,1-4H3,(H2,19,20,21). The Balaban J connectivity index is 1.78. The van der Waals surface area contributed by atoms with Crippen molar-refractivity contribution in [2.45, 2.75) is 33.4 Å². The second kappa shape index (κ2) is 8.89. The zero-order valence-corrected chi connectivity index (χ0v) is 16.0. The van der Waals surface area contributed by atoms with Crippen molar-refractivity contribution in [1.29, 1.82) is 0 Å². The van der Waals surface area contributed by atoms with Gasteiger partial charge < -0.3 is 15.4 Å². The Bertz CT molecular complexity index is 684. The van der Waals surface area contributed by atoms with Crippen molar-refractivity contribution in [2.75, 3.05) is 13.6 Å². The Morgan fingerprint density at radius 3 is 2.58 bits per heavy atom. The van der Waals surface area contributed by atoms with E-state index in [0.29, 0.717) is 18.1 Å². The molecule has 1 aromatic carbocycles. The number of rotatable bonds is 6. The van der Waals surface area contributed by atoms with E-state index in [9.17, 15) is 0 Å². The predicted molar refractivity (Wildman–Crippen MR) is 101 cm³/mol. The van der Waals surface area contributed by atoms with Gasteiger partial charge in [0, 0.05) is 16.9 Å². The summed E-state index contributed by atoms with van der Waals surface area (Å²) in [6, 6.07) is 7.36. The molecule has 130 valence electrons. The van der Waals surface area contributed by atoms with E-state index < -0.39 is 0 Å². The number of thiazole rings is 1. The van der Waals surface area contributed by atoms with Gasteiger partial charge in [-0.25, -0.2) is 4.98 Å². The summed E-state index contributed by atoms with van der Waals surface area (Å²) in [6.07, 6.45) is -0.00268. The lowest BCUT2D eigenvalue weighted by Gasteiger charge is -2.17. The monoisotopic (exact) mass is 366 g/mol. The van der Waals surface area contributed by atoms with Crippen LogP contribution >= 0.6 is 22.9 Å². The van der Waals surface area contributed by atoms with E-state index in [-0.39, 0.29) is 6.10 Å². The van der Waals surface area contributed by atoms with Crippen molar-refractivity contribution < 1.29 is 4.74 Å². The first-order valence-electron chi connectivity index (χ1n) is 7.77. The Hall–Kier alpha value is -1.79. The van der Waals surface area contributed by atoms with Crippen LogP contribution in [0.2, 0.25) is 5.02 Å². The van der Waals surface area contributed by atoms with Crippen LogP contribution in [0.1, 0.15) is 22.5 Å². The predicted octanol–water partition coefficient (Wildman–Crippen LogP) is 3.55. The second-order valence-corrected chi connectivity index (χ2v) is 7.15. The maximum absolute atomic E-state index is 5.87. The smallest absolute Gasteiger partial charge is 0.191 e. The quantitative estimate of drug-likeness (QED) is 0.606. The lowest BCUT2D eigenvalue weighted by Crippen LogP contribution is -2.41. The molecule has 5 nitrogen and oxygen atoms in total. The van der Waals surface area contributed by atoms with Crippen molar-refractivity contribution in [2.24, 2.45) is 4.99 Å². The molecule has 0 spiro atoms. The minimum atomic E-state index is -0.00268. The van der Waals surface area contributed by atoms with Crippen LogP contribution in [0.5, 0.6) is 5.75 Å². The summed E-state index contributed by atoms with van der Waals surface area (Å²) in [5.74, 6) is 1.54. The van der Waals surface area contributed by atoms with Gasteiger partial charge in [0.1, 0.15) is 11.9 Å². The van der Waals surface area contributed by atoms with Gasteiger partial charge in [-0.2, -0.15) is 0 Å². The topological polar surface area (TPSA) is 58.5 Å². The van der Waals surface area contributed by atoms with Gasteiger partial charge in [-0.1, -0.05) is 11.6 Å². The molecule has 0 saturated carbocycles. The molecule has 2 aromatic rings. The minimum absolute atomic E-state index is 0.00268. The van der Waals surface area contributed by atoms with Crippen LogP contribution in [0.25, 0.3) is 0 Å². The molecule has 1 unspecified atom stereocenters. The second-order valence-electron chi connectivity index (χ2n) is 5.43. The van der Waals surface area contributed by atoms with Crippen LogP contribution in [-0.2, 0) is 6.54 Å². The average molecular weight is 367 g/mol. The fourth-order valence-electron chi connectivity index (χ4n) is 2.15. The number of hydrogen-bond acceptors (Lipinski definition) is 4. The zero-order chi connectivity index (χ0) is 17.5. The number of ether oxygens (including phenoxy) is 1. The molecular formula is C17H23ClN4OS. The number of guanidine groups is 1. The van der Waals surface area contributed by atoms with Crippen molar-refractivity contribution in [1.82, 2.24) is 15.6 Å². The van der Waals surface area contributed by atoms with E-state index in [2.05, 4.69) is 20.6 Å². The molecule has 2 rings (SSSR count). The van der Waals surface area contributed by atoms with Crippen molar-refractivity contribution in [3.63, 3.8) is 0 Å². The molecule has 24 heavy (non-hydrogen) atoms. The molecule has 0 fully saturated rings. The van der Waals surface area contributed by atoms with E-state index in [1.165, 1.54) is 4.88 Å². The highest BCUT2D eigenvalue weighted by Crippen LogP contribution is 2.17. The van der Waals surface area contributed by atoms with Crippen molar-refractivity contribution in [3.05, 3.63) is 44.9 Å². The number of halogens is 1. The first-order chi connectivity index (χ1) is 11.5. The van der Waals surface area contributed by atoms with E-state index in [0.717, 1.165) is 22.4 Å². The summed E-state index contributed by atoms with van der Waals surface area (Å²) in [5.41, 5.74) is 1.07. The Kier molecular flexibility index (Phi) is 6.87. The summed E-state index contributed by atoms with van der Waals surface area (Å²) in [4.78, 5) is 9.89. The Morgan fingerprint density at radius 2 is 2.00 bits per heavy atom. The van der Waals surface area contributed by atoms with Gasteiger partial charge in [-0.3, -0.25) is 4.99 Å². The van der Waals surface area contributed by atoms with Gasteiger partial charge in [-0.05, 0) is 45.0 Å². The van der Waals surface area contributed by atoms with Crippen LogP contribution in [-0.4, -0.2) is 30.6 Å². The molecule has 1 atom stereocenters. The number of nitrogens with zero attached hydrogens (tertiary/aromatic N) is 2. The summed E-state index contributed by atoms with van der Waals surface area (Å²) < 4.78 is 5.84. The molecule has 1 heterocycles. The summed E-state index contributed by atoms with van der Waals surface area (Å²) in [5, 5.41) is 8.35. The molecular weight excluding hydrogens is 344 g/mol. The van der Waals surface area contributed by atoms with Crippen LogP contribution in [0.15, 0.2) is 29.3 Å². The van der Waals surface area contributed by atoms with Crippen molar-refractivity contribution >= 4 is 28.9 Å². The van der Waals surface area contributed by atoms with Gasteiger partial charge in [0.05, 0.1) is 23.8 Å². The van der Waals surface area contributed by atoms with E-state index in [4.69, 9.17) is 16.3 Å². The normalized spacial score (nSPS) is 12.8. The fourth-order valence-corrected chi connectivity index (χ4v) is 3.15. The number of aryl methyl sites for hydroxylation is 2. The number of aromatic nitrogens is 1. The number of hydrogen-bond donors (Lipinski definition) is 2. The lowest BCUT2D eigenvalue weighted by atomic mass is 10.3. The first-order valence-corrected chi connectivity index (χ1v) is 8.97. The highest BCUT2D eigenvalue weighted by atomic mass is 35.5. The van der Waals surface area contributed by atoms with Gasteiger partial charge >= 0.3 is 0 Å². The third kappa shape index (κ3) is 5.69.